The fraction of sp³-hybridized carbons (Fsp3) is 0.154. The molecule has 1 saturated heterocycles. The Balaban J connectivity index is 1.56. The minimum atomic E-state index is -0.420. The summed E-state index contributed by atoms with van der Waals surface area (Å²) in [5.74, 6) is 6.98. The van der Waals surface area contributed by atoms with E-state index >= 15 is 0 Å². The van der Waals surface area contributed by atoms with Crippen molar-refractivity contribution in [2.75, 3.05) is 11.9 Å². The lowest BCUT2D eigenvalue weighted by molar-refractivity contribution is -0.750. The number of nitriles is 1. The standard InChI is InChI=1S/C26H22N8O2/c1-2-23(35)33-12-5-8-20(33)24-21-16-29-11-13-34(21,28)25(32-24)18-6-3-4-7-19(18)26(36)31-22-14-17(15-27)9-10-30-22/h2-4,6-7,9-11,13-14,16,20H,1,5,8,12,28H2/p+1. The summed E-state index contributed by atoms with van der Waals surface area (Å²) in [6.45, 7) is 4.22. The number of hydrogen-bond donors (Lipinski definition) is 2. The van der Waals surface area contributed by atoms with Gasteiger partial charge in [0.25, 0.3) is 11.7 Å². The summed E-state index contributed by atoms with van der Waals surface area (Å²) in [6.07, 6.45) is 9.26. The summed E-state index contributed by atoms with van der Waals surface area (Å²) in [5.41, 5.74) is 2.53. The third-order valence-electron chi connectivity index (χ3n) is 6.39. The average molecular weight is 480 g/mol. The molecule has 36 heavy (non-hydrogen) atoms. The van der Waals surface area contributed by atoms with Crippen molar-refractivity contribution in [1.82, 2.24) is 9.88 Å². The minimum Gasteiger partial charge on any atom is -0.330 e. The fourth-order valence-electron chi connectivity index (χ4n) is 4.69. The van der Waals surface area contributed by atoms with E-state index < -0.39 is 5.91 Å². The van der Waals surface area contributed by atoms with Crippen LogP contribution in [0.15, 0.2) is 89.0 Å². The Morgan fingerprint density at radius 2 is 2.14 bits per heavy atom. The molecule has 178 valence electrons. The van der Waals surface area contributed by atoms with Crippen molar-refractivity contribution in [3.8, 4) is 6.07 Å². The Labute approximate surface area is 207 Å². The van der Waals surface area contributed by atoms with Crippen LogP contribution >= 0.6 is 0 Å². The number of aliphatic imine (C=N–C) groups is 2. The van der Waals surface area contributed by atoms with Crippen LogP contribution in [-0.2, 0) is 4.79 Å². The van der Waals surface area contributed by atoms with E-state index in [1.807, 2.05) is 6.07 Å². The molecule has 3 aliphatic heterocycles. The van der Waals surface area contributed by atoms with E-state index in [9.17, 15) is 9.59 Å². The number of nitrogens with two attached hydrogens (primary N) is 1. The zero-order valence-corrected chi connectivity index (χ0v) is 19.3. The van der Waals surface area contributed by atoms with Crippen LogP contribution in [0.3, 0.4) is 0 Å². The lowest BCUT2D eigenvalue weighted by atomic mass is 10.0. The number of aromatic nitrogens is 1. The maximum atomic E-state index is 13.3. The molecule has 0 saturated carbocycles. The minimum absolute atomic E-state index is 0.167. The highest BCUT2D eigenvalue weighted by Gasteiger charge is 2.48. The van der Waals surface area contributed by atoms with Gasteiger partial charge in [-0.05, 0) is 43.2 Å². The third kappa shape index (κ3) is 3.82. The number of allylic oxidation sites excluding steroid dienone is 1. The summed E-state index contributed by atoms with van der Waals surface area (Å²) in [6, 6.07) is 11.8. The first-order valence-corrected chi connectivity index (χ1v) is 11.4. The van der Waals surface area contributed by atoms with Gasteiger partial charge in [0.15, 0.2) is 0 Å². The molecule has 1 aromatic heterocycles. The average Bonchev–Trinajstić information content (AvgIpc) is 3.50. The van der Waals surface area contributed by atoms with Crippen molar-refractivity contribution < 1.29 is 14.2 Å². The number of quaternary nitrogens is 1. The van der Waals surface area contributed by atoms with Crippen LogP contribution in [0, 0.1) is 11.3 Å². The number of amidine groups is 1. The lowest BCUT2D eigenvalue weighted by Gasteiger charge is -2.28. The van der Waals surface area contributed by atoms with Crippen LogP contribution in [0.25, 0.3) is 0 Å². The second-order valence-corrected chi connectivity index (χ2v) is 8.49. The van der Waals surface area contributed by atoms with E-state index in [0.717, 1.165) is 12.8 Å². The number of likely N-dealkylation sites (tertiary alicyclic amines) is 1. The number of fused-ring (bicyclic) bond motifs is 1. The molecule has 0 spiro atoms. The van der Waals surface area contributed by atoms with Crippen LogP contribution in [-0.4, -0.2) is 50.9 Å². The highest BCUT2D eigenvalue weighted by Crippen LogP contribution is 2.37. The quantitative estimate of drug-likeness (QED) is 0.386. The SMILES string of the molecule is C=CC(=O)N1CCCC1C1=C2C=NC=C[N+]2(N)C(c2ccccc2C(=O)Nc2cc(C#N)ccn2)=N1. The van der Waals surface area contributed by atoms with Gasteiger partial charge >= 0.3 is 0 Å². The Morgan fingerprint density at radius 1 is 1.31 bits per heavy atom. The maximum absolute atomic E-state index is 13.3. The van der Waals surface area contributed by atoms with Gasteiger partial charge in [-0.3, -0.25) is 14.6 Å². The van der Waals surface area contributed by atoms with E-state index in [1.54, 1.807) is 53.8 Å². The number of amides is 2. The molecular formula is C26H23N8O2+. The highest BCUT2D eigenvalue weighted by atomic mass is 16.2. The van der Waals surface area contributed by atoms with Crippen LogP contribution in [0.2, 0.25) is 0 Å². The van der Waals surface area contributed by atoms with E-state index in [0.29, 0.717) is 40.5 Å². The van der Waals surface area contributed by atoms with Crippen molar-refractivity contribution >= 4 is 29.7 Å². The summed E-state index contributed by atoms with van der Waals surface area (Å²) in [7, 11) is 0. The number of anilines is 1. The Kier molecular flexibility index (Phi) is 5.85. The molecule has 3 aliphatic rings. The molecule has 1 aromatic carbocycles. The van der Waals surface area contributed by atoms with Gasteiger partial charge in [-0.25, -0.2) is 4.98 Å². The third-order valence-corrected chi connectivity index (χ3v) is 6.39. The van der Waals surface area contributed by atoms with E-state index in [1.165, 1.54) is 18.3 Å². The first kappa shape index (κ1) is 23.0. The largest absolute Gasteiger partial charge is 0.330 e. The predicted molar refractivity (Wildman–Crippen MR) is 134 cm³/mol. The van der Waals surface area contributed by atoms with Gasteiger partial charge in [-0.2, -0.15) is 16.1 Å². The number of hydrogen-bond acceptors (Lipinski definition) is 7. The van der Waals surface area contributed by atoms with Crippen molar-refractivity contribution in [2.45, 2.75) is 18.9 Å². The van der Waals surface area contributed by atoms with Gasteiger partial charge in [0.2, 0.25) is 11.6 Å². The number of carbonyl (C=O) groups is 2. The van der Waals surface area contributed by atoms with Crippen LogP contribution in [0.1, 0.15) is 34.3 Å². The molecule has 2 amide bonds. The molecule has 0 aliphatic carbocycles. The molecule has 1 fully saturated rings. The highest BCUT2D eigenvalue weighted by molar-refractivity contribution is 6.13. The zero-order valence-electron chi connectivity index (χ0n) is 19.3. The van der Waals surface area contributed by atoms with E-state index in [4.69, 9.17) is 16.1 Å². The fourth-order valence-corrected chi connectivity index (χ4v) is 4.69. The first-order valence-electron chi connectivity index (χ1n) is 11.4. The lowest BCUT2D eigenvalue weighted by Crippen LogP contribution is -2.53. The second-order valence-electron chi connectivity index (χ2n) is 8.49. The molecule has 0 radical (unpaired) electrons. The number of rotatable bonds is 5. The topological polar surface area (TPSA) is 137 Å². The van der Waals surface area contributed by atoms with Crippen molar-refractivity contribution in [3.05, 3.63) is 95.7 Å². The molecule has 10 nitrogen and oxygen atoms in total. The summed E-state index contributed by atoms with van der Waals surface area (Å²) >= 11 is 0. The van der Waals surface area contributed by atoms with E-state index in [-0.39, 0.29) is 22.4 Å². The molecule has 0 bridgehead atoms. The maximum Gasteiger partial charge on any atom is 0.265 e. The summed E-state index contributed by atoms with van der Waals surface area (Å²) in [5, 5.41) is 11.9. The molecule has 3 N–H and O–H groups in total. The number of nitrogens with one attached hydrogen (secondary N) is 1. The van der Waals surface area contributed by atoms with Crippen molar-refractivity contribution in [3.63, 3.8) is 0 Å². The molecule has 2 unspecified atom stereocenters. The smallest absolute Gasteiger partial charge is 0.265 e. The van der Waals surface area contributed by atoms with Gasteiger partial charge in [-0.1, -0.05) is 18.7 Å². The van der Waals surface area contributed by atoms with Gasteiger partial charge in [0.1, 0.15) is 17.7 Å². The number of carbonyl (C=O) groups excluding carboxylic acids is 2. The molecule has 4 heterocycles. The zero-order chi connectivity index (χ0) is 25.3. The summed E-state index contributed by atoms with van der Waals surface area (Å²) < 4.78 is -0.280. The second kappa shape index (κ2) is 9.14. The monoisotopic (exact) mass is 479 g/mol. The summed E-state index contributed by atoms with van der Waals surface area (Å²) in [4.78, 5) is 40.9. The molecule has 10 heteroatoms. The van der Waals surface area contributed by atoms with Gasteiger partial charge in [0, 0.05) is 12.7 Å². The number of benzene rings is 1. The first-order chi connectivity index (χ1) is 17.5. The molecule has 2 aromatic rings. The van der Waals surface area contributed by atoms with Crippen LogP contribution in [0.5, 0.6) is 0 Å². The van der Waals surface area contributed by atoms with E-state index in [2.05, 4.69) is 21.9 Å². The van der Waals surface area contributed by atoms with Crippen molar-refractivity contribution in [2.24, 2.45) is 15.8 Å². The molecule has 5 rings (SSSR count). The van der Waals surface area contributed by atoms with Gasteiger partial charge in [0.05, 0.1) is 41.2 Å². The predicted octanol–water partition coefficient (Wildman–Crippen LogP) is 2.60. The van der Waals surface area contributed by atoms with Crippen molar-refractivity contribution in [1.29, 1.82) is 5.26 Å². The Morgan fingerprint density at radius 3 is 2.94 bits per heavy atom. The Hall–Kier alpha value is -4.72. The normalized spacial score (nSPS) is 22.2. The number of nitrogens with zero attached hydrogens (tertiary/aromatic N) is 6. The number of pyridine rings is 1. The van der Waals surface area contributed by atoms with Crippen LogP contribution in [0.4, 0.5) is 5.82 Å². The van der Waals surface area contributed by atoms with Gasteiger partial charge < -0.3 is 10.2 Å². The van der Waals surface area contributed by atoms with Crippen LogP contribution < -0.4 is 11.2 Å². The molecular weight excluding hydrogens is 456 g/mol. The Bertz CT molecular complexity index is 1450. The van der Waals surface area contributed by atoms with Gasteiger partial charge in [-0.15, -0.1) is 4.59 Å². The molecule has 2 atom stereocenters.